The molecule has 0 spiro atoms. The van der Waals surface area contributed by atoms with E-state index in [1.165, 1.54) is 24.8 Å². The van der Waals surface area contributed by atoms with Gasteiger partial charge >= 0.3 is 0 Å². The number of amides is 1. The van der Waals surface area contributed by atoms with Gasteiger partial charge in [0.1, 0.15) is 0 Å². The first kappa shape index (κ1) is 16.8. The van der Waals surface area contributed by atoms with Gasteiger partial charge in [-0.05, 0) is 62.3 Å². The second-order valence-corrected chi connectivity index (χ2v) is 7.81. The highest BCUT2D eigenvalue weighted by Gasteiger charge is 2.55. The Labute approximate surface area is 144 Å². The van der Waals surface area contributed by atoms with Crippen LogP contribution >= 0.6 is 11.6 Å². The number of nitrogens with zero attached hydrogens (tertiary/aromatic N) is 1. The summed E-state index contributed by atoms with van der Waals surface area (Å²) >= 11 is 6.01. The van der Waals surface area contributed by atoms with Crippen molar-refractivity contribution >= 4 is 17.5 Å². The molecule has 4 heteroatoms. The van der Waals surface area contributed by atoms with Gasteiger partial charge < -0.3 is 10.2 Å². The Kier molecular flexibility index (Phi) is 4.98. The molecule has 3 atom stereocenters. The van der Waals surface area contributed by atoms with Crippen molar-refractivity contribution in [1.29, 1.82) is 0 Å². The molecule has 2 saturated carbocycles. The lowest BCUT2D eigenvalue weighted by atomic mass is 9.68. The largest absolute Gasteiger partial charge is 0.344 e. The van der Waals surface area contributed by atoms with Gasteiger partial charge in [0, 0.05) is 25.2 Å². The number of halogens is 1. The van der Waals surface area contributed by atoms with Crippen molar-refractivity contribution in [1.82, 2.24) is 10.2 Å². The molecule has 23 heavy (non-hydrogen) atoms. The Morgan fingerprint density at radius 3 is 2.65 bits per heavy atom. The van der Waals surface area contributed by atoms with Crippen LogP contribution in [0.15, 0.2) is 24.3 Å². The molecular formula is C19H27ClN2O. The van der Waals surface area contributed by atoms with Gasteiger partial charge in [0.05, 0.1) is 5.41 Å². The minimum absolute atomic E-state index is 0.195. The molecule has 1 N–H and O–H groups in total. The topological polar surface area (TPSA) is 32.3 Å². The normalized spacial score (nSPS) is 29.0. The predicted molar refractivity (Wildman–Crippen MR) is 94.6 cm³/mol. The molecule has 3 unspecified atom stereocenters. The minimum Gasteiger partial charge on any atom is -0.344 e. The molecule has 0 heterocycles. The van der Waals surface area contributed by atoms with Gasteiger partial charge in [-0.2, -0.15) is 0 Å². The zero-order chi connectivity index (χ0) is 16.4. The summed E-state index contributed by atoms with van der Waals surface area (Å²) in [6.45, 7) is 1.61. The van der Waals surface area contributed by atoms with E-state index in [2.05, 4.69) is 17.4 Å². The third-order valence-electron chi connectivity index (χ3n) is 5.88. The number of rotatable bonds is 6. The maximum Gasteiger partial charge on any atom is 0.229 e. The van der Waals surface area contributed by atoms with E-state index in [9.17, 15) is 4.79 Å². The third kappa shape index (κ3) is 3.27. The average molecular weight is 335 g/mol. The summed E-state index contributed by atoms with van der Waals surface area (Å²) in [6, 6.07) is 8.04. The summed E-state index contributed by atoms with van der Waals surface area (Å²) in [5.74, 6) is 1.64. The van der Waals surface area contributed by atoms with E-state index < -0.39 is 0 Å². The Morgan fingerprint density at radius 2 is 2.09 bits per heavy atom. The summed E-state index contributed by atoms with van der Waals surface area (Å²) in [5.41, 5.74) is 1.04. The fourth-order valence-corrected chi connectivity index (χ4v) is 4.85. The van der Waals surface area contributed by atoms with E-state index >= 15 is 0 Å². The maximum absolute atomic E-state index is 13.3. The van der Waals surface area contributed by atoms with Gasteiger partial charge in [0.15, 0.2) is 0 Å². The molecule has 3 rings (SSSR count). The molecule has 0 saturated heterocycles. The molecule has 2 aliphatic carbocycles. The van der Waals surface area contributed by atoms with Crippen LogP contribution in [0.4, 0.5) is 0 Å². The van der Waals surface area contributed by atoms with Crippen molar-refractivity contribution < 1.29 is 4.79 Å². The monoisotopic (exact) mass is 334 g/mol. The van der Waals surface area contributed by atoms with Crippen molar-refractivity contribution in [2.24, 2.45) is 17.3 Å². The van der Waals surface area contributed by atoms with Crippen LogP contribution in [0, 0.1) is 17.3 Å². The summed E-state index contributed by atoms with van der Waals surface area (Å²) in [7, 11) is 3.88. The SMILES string of the molecule is CNCCN(C)C(=O)C1(Cc2ccc(Cl)cc2)CC2CCC1C2. The van der Waals surface area contributed by atoms with Crippen LogP contribution in [-0.4, -0.2) is 38.0 Å². The van der Waals surface area contributed by atoms with Crippen LogP contribution in [0.25, 0.3) is 0 Å². The first-order valence-corrected chi connectivity index (χ1v) is 9.07. The highest BCUT2D eigenvalue weighted by molar-refractivity contribution is 6.30. The highest BCUT2D eigenvalue weighted by atomic mass is 35.5. The molecule has 0 aromatic heterocycles. The Balaban J connectivity index is 1.83. The molecule has 1 aromatic rings. The number of hydrogen-bond donors (Lipinski definition) is 1. The second-order valence-electron chi connectivity index (χ2n) is 7.37. The molecule has 0 radical (unpaired) electrons. The highest BCUT2D eigenvalue weighted by Crippen LogP contribution is 2.58. The number of carbonyl (C=O) groups excluding carboxylic acids is 1. The van der Waals surface area contributed by atoms with Crippen LogP contribution in [0.3, 0.4) is 0 Å². The molecule has 2 fully saturated rings. The lowest BCUT2D eigenvalue weighted by molar-refractivity contribution is -0.144. The van der Waals surface area contributed by atoms with E-state index in [0.29, 0.717) is 11.8 Å². The van der Waals surface area contributed by atoms with Gasteiger partial charge in [-0.3, -0.25) is 4.79 Å². The predicted octanol–water partition coefficient (Wildman–Crippen LogP) is 3.37. The van der Waals surface area contributed by atoms with Gasteiger partial charge in [0.25, 0.3) is 0 Å². The first-order valence-electron chi connectivity index (χ1n) is 8.70. The standard InChI is InChI=1S/C19H27ClN2O/c1-21-9-10-22(2)18(23)19(13-15-3-6-16(19)11-15)12-14-4-7-17(20)8-5-14/h4-5,7-8,15-16,21H,3,6,9-13H2,1-2H3. The molecule has 1 amide bonds. The zero-order valence-electron chi connectivity index (χ0n) is 14.1. The number of hydrogen-bond acceptors (Lipinski definition) is 2. The van der Waals surface area contributed by atoms with E-state index in [-0.39, 0.29) is 5.41 Å². The number of carbonyl (C=O) groups is 1. The fourth-order valence-electron chi connectivity index (χ4n) is 4.73. The lowest BCUT2D eigenvalue weighted by Gasteiger charge is -2.39. The number of benzene rings is 1. The van der Waals surface area contributed by atoms with Crippen LogP contribution in [0.2, 0.25) is 5.02 Å². The Morgan fingerprint density at radius 1 is 1.35 bits per heavy atom. The van der Waals surface area contributed by atoms with E-state index in [4.69, 9.17) is 11.6 Å². The molecule has 0 aliphatic heterocycles. The Bertz CT molecular complexity index is 559. The van der Waals surface area contributed by atoms with E-state index in [1.807, 2.05) is 31.1 Å². The summed E-state index contributed by atoms with van der Waals surface area (Å²) in [6.07, 6.45) is 5.67. The third-order valence-corrected chi connectivity index (χ3v) is 6.13. The summed E-state index contributed by atoms with van der Waals surface area (Å²) < 4.78 is 0. The summed E-state index contributed by atoms with van der Waals surface area (Å²) in [4.78, 5) is 15.2. The van der Waals surface area contributed by atoms with Crippen molar-refractivity contribution in [3.05, 3.63) is 34.9 Å². The second kappa shape index (κ2) is 6.82. The van der Waals surface area contributed by atoms with E-state index in [0.717, 1.165) is 36.9 Å². The fraction of sp³-hybridized carbons (Fsp3) is 0.632. The number of likely N-dealkylation sites (N-methyl/N-ethyl adjacent to an activating group) is 2. The lowest BCUT2D eigenvalue weighted by Crippen LogP contribution is -2.48. The van der Waals surface area contributed by atoms with Crippen LogP contribution in [-0.2, 0) is 11.2 Å². The quantitative estimate of drug-likeness (QED) is 0.865. The van der Waals surface area contributed by atoms with Gasteiger partial charge in [-0.15, -0.1) is 0 Å². The van der Waals surface area contributed by atoms with Crippen molar-refractivity contribution in [2.75, 3.05) is 27.2 Å². The van der Waals surface area contributed by atoms with Crippen LogP contribution < -0.4 is 5.32 Å². The Hall–Kier alpha value is -1.06. The molecule has 2 aliphatic rings. The summed E-state index contributed by atoms with van der Waals surface area (Å²) in [5, 5.41) is 3.90. The minimum atomic E-state index is -0.195. The van der Waals surface area contributed by atoms with Crippen LogP contribution in [0.5, 0.6) is 0 Å². The van der Waals surface area contributed by atoms with Gasteiger partial charge in [0.2, 0.25) is 5.91 Å². The first-order chi connectivity index (χ1) is 11.0. The molecule has 2 bridgehead atoms. The smallest absolute Gasteiger partial charge is 0.229 e. The zero-order valence-corrected chi connectivity index (χ0v) is 14.9. The number of fused-ring (bicyclic) bond motifs is 2. The molecule has 3 nitrogen and oxygen atoms in total. The van der Waals surface area contributed by atoms with Crippen molar-refractivity contribution in [3.63, 3.8) is 0 Å². The number of nitrogens with one attached hydrogen (secondary N) is 1. The maximum atomic E-state index is 13.3. The van der Waals surface area contributed by atoms with Crippen molar-refractivity contribution in [2.45, 2.75) is 32.1 Å². The van der Waals surface area contributed by atoms with Crippen molar-refractivity contribution in [3.8, 4) is 0 Å². The van der Waals surface area contributed by atoms with Gasteiger partial charge in [-0.25, -0.2) is 0 Å². The molecular weight excluding hydrogens is 308 g/mol. The molecule has 1 aromatic carbocycles. The molecule has 126 valence electrons. The van der Waals surface area contributed by atoms with Crippen LogP contribution in [0.1, 0.15) is 31.2 Å². The van der Waals surface area contributed by atoms with Gasteiger partial charge in [-0.1, -0.05) is 30.2 Å². The average Bonchev–Trinajstić information content (AvgIpc) is 3.15. The van der Waals surface area contributed by atoms with E-state index in [1.54, 1.807) is 0 Å².